The number of carbonyl (C=O) groups is 4. The molecule has 5 aromatic rings. The van der Waals surface area contributed by atoms with E-state index in [2.05, 4.69) is 27.6 Å². The molecule has 5 aliphatic rings. The Kier molecular flexibility index (Phi) is 14.6. The monoisotopic (exact) mass is 1060 g/mol. The van der Waals surface area contributed by atoms with Gasteiger partial charge in [-0.15, -0.1) is 0 Å². The van der Waals surface area contributed by atoms with Crippen LogP contribution in [0.1, 0.15) is 111 Å². The van der Waals surface area contributed by atoms with Gasteiger partial charge in [0.2, 0.25) is 17.7 Å². The summed E-state index contributed by atoms with van der Waals surface area (Å²) >= 11 is 6.72. The van der Waals surface area contributed by atoms with Crippen LogP contribution in [0.25, 0.3) is 22.0 Å². The summed E-state index contributed by atoms with van der Waals surface area (Å²) < 4.78 is 78.4. The van der Waals surface area contributed by atoms with Crippen LogP contribution in [0.3, 0.4) is 0 Å². The number of imide groups is 1. The lowest BCUT2D eigenvalue weighted by molar-refractivity contribution is -0.138. The number of halogens is 5. The Morgan fingerprint density at radius 2 is 1.65 bits per heavy atom. The van der Waals surface area contributed by atoms with E-state index in [0.717, 1.165) is 31.2 Å². The van der Waals surface area contributed by atoms with Crippen molar-refractivity contribution in [2.24, 2.45) is 18.7 Å². The normalized spacial score (nSPS) is 24.6. The summed E-state index contributed by atoms with van der Waals surface area (Å²) in [6.45, 7) is 5.55. The van der Waals surface area contributed by atoms with Gasteiger partial charge in [0.1, 0.15) is 29.5 Å². The molecule has 4 fully saturated rings. The Hall–Kier alpha value is -6.28. The topological polar surface area (TPSA) is 185 Å². The predicted molar refractivity (Wildman–Crippen MR) is 273 cm³/mol. The van der Waals surface area contributed by atoms with Gasteiger partial charge in [0.05, 0.1) is 22.6 Å². The molecule has 3 saturated heterocycles. The molecule has 10 rings (SSSR count). The molecule has 15 nitrogen and oxygen atoms in total. The quantitative estimate of drug-likeness (QED) is 0.0840. The number of fused-ring (bicyclic) bond motifs is 2. The third-order valence-electron chi connectivity index (χ3n) is 16.5. The zero-order valence-electron chi connectivity index (χ0n) is 42.1. The van der Waals surface area contributed by atoms with Crippen molar-refractivity contribution in [1.29, 1.82) is 0 Å². The second-order valence-corrected chi connectivity index (χ2v) is 21.1. The molecule has 1 unspecified atom stereocenters. The average molecular weight is 1060 g/mol. The summed E-state index contributed by atoms with van der Waals surface area (Å²) in [5, 5.41) is 19.5. The van der Waals surface area contributed by atoms with Crippen LogP contribution in [0.15, 0.2) is 54.6 Å². The summed E-state index contributed by atoms with van der Waals surface area (Å²) in [4.78, 5) is 56.9. The summed E-state index contributed by atoms with van der Waals surface area (Å²) in [6.07, 6.45) is 5.53. The number of nitrogens with one attached hydrogen (secondary N) is 2. The van der Waals surface area contributed by atoms with Gasteiger partial charge >= 0.3 is 6.03 Å². The summed E-state index contributed by atoms with van der Waals surface area (Å²) in [5.74, 6) is -5.61. The van der Waals surface area contributed by atoms with Crippen molar-refractivity contribution in [3.05, 3.63) is 105 Å². The highest BCUT2D eigenvalue weighted by molar-refractivity contribution is 6.34. The van der Waals surface area contributed by atoms with Crippen LogP contribution >= 0.6 is 11.6 Å². The number of amides is 5. The molecule has 5 amide bonds. The predicted octanol–water partition coefficient (Wildman–Crippen LogP) is 8.17. The van der Waals surface area contributed by atoms with Crippen molar-refractivity contribution >= 4 is 52.1 Å². The van der Waals surface area contributed by atoms with Crippen LogP contribution < -0.4 is 30.7 Å². The molecule has 75 heavy (non-hydrogen) atoms. The molecule has 0 radical (unpaired) electrons. The molecule has 4 aromatic carbocycles. The zero-order chi connectivity index (χ0) is 53.0. The second kappa shape index (κ2) is 21.0. The van der Waals surface area contributed by atoms with E-state index in [-0.39, 0.29) is 112 Å². The first-order chi connectivity index (χ1) is 36.0. The van der Waals surface area contributed by atoms with Gasteiger partial charge in [-0.25, -0.2) is 22.4 Å². The van der Waals surface area contributed by atoms with Crippen LogP contribution in [-0.2, 0) is 22.2 Å². The lowest BCUT2D eigenvalue weighted by atomic mass is 9.77. The molecule has 4 aliphatic heterocycles. The minimum Gasteiger partial charge on any atom is -0.488 e. The lowest BCUT2D eigenvalue weighted by Gasteiger charge is -2.46. The lowest BCUT2D eigenvalue weighted by Crippen LogP contribution is -2.53. The maximum atomic E-state index is 16.5. The number of piperidine rings is 2. The minimum absolute atomic E-state index is 0.0182. The third kappa shape index (κ3) is 9.47. The number of primary amides is 1. The fourth-order valence-corrected chi connectivity index (χ4v) is 12.9. The zero-order valence-corrected chi connectivity index (χ0v) is 42.8. The van der Waals surface area contributed by atoms with Gasteiger partial charge in [-0.05, 0) is 94.5 Å². The molecule has 1 aromatic heterocycles. The van der Waals surface area contributed by atoms with Crippen molar-refractivity contribution in [3.8, 4) is 22.6 Å². The number of hydrogen-bond donors (Lipinski definition) is 4. The number of aryl methyl sites for hydroxylation is 1. The standard InChI is InChI=1S/C55H61ClF4N8O7/c1-29-25-32(44-38(57)26-37-50(49(44)60)65(3)64-52(37)68-22-18-42(70)63-54(68)73)15-21-67(29)35-16-19-66(20-17-35)53(72)31-9-11-34(12-10-31)62-28-55(33-7-5-4-6-8-33)30(2)43-41(75-55)27-39(58)47(56)46(43)45-36(51(61)71)13-14-40(48(45)59)74-24-23-69/h4-8,13-14,26-27,29-32,34-35,62,69H,9-12,15-25,28H2,1-3H3,(H2,61,71)(H,63,70,73)/t29?,30-,31?,32+,34?,55-/m0/s1. The molecule has 0 spiro atoms. The number of carbonyl (C=O) groups excluding carboxylic acids is 4. The van der Waals surface area contributed by atoms with Crippen LogP contribution in [0.4, 0.5) is 28.2 Å². The number of ether oxygens (including phenoxy) is 2. The first kappa shape index (κ1) is 52.2. The summed E-state index contributed by atoms with van der Waals surface area (Å²) in [7, 11) is 1.56. The van der Waals surface area contributed by atoms with Gasteiger partial charge in [0.15, 0.2) is 28.8 Å². The Labute approximate surface area is 436 Å². The van der Waals surface area contributed by atoms with Gasteiger partial charge in [0.25, 0.3) is 0 Å². The van der Waals surface area contributed by atoms with Crippen molar-refractivity contribution < 1.29 is 51.3 Å². The molecule has 1 saturated carbocycles. The largest absolute Gasteiger partial charge is 0.488 e. The minimum atomic E-state index is -1.14. The van der Waals surface area contributed by atoms with Crippen LogP contribution in [0.5, 0.6) is 11.5 Å². The number of benzene rings is 4. The molecule has 4 atom stereocenters. The van der Waals surface area contributed by atoms with Gasteiger partial charge in [0, 0.05) is 97.9 Å². The summed E-state index contributed by atoms with van der Waals surface area (Å²) in [5.41, 5.74) is 5.27. The summed E-state index contributed by atoms with van der Waals surface area (Å²) in [6, 6.07) is 14.0. The maximum Gasteiger partial charge on any atom is 0.329 e. The number of aliphatic hydroxyl groups excluding tert-OH is 1. The molecule has 398 valence electrons. The van der Waals surface area contributed by atoms with E-state index >= 15 is 17.6 Å². The highest BCUT2D eigenvalue weighted by Gasteiger charge is 2.50. The Balaban J connectivity index is 0.766. The van der Waals surface area contributed by atoms with Gasteiger partial charge < -0.3 is 30.5 Å². The van der Waals surface area contributed by atoms with Gasteiger partial charge in [-0.1, -0.05) is 48.9 Å². The number of nitrogens with two attached hydrogens (primary N) is 1. The molecule has 5 heterocycles. The molecule has 20 heteroatoms. The molecular weight excluding hydrogens is 996 g/mol. The van der Waals surface area contributed by atoms with Gasteiger partial charge in [-0.3, -0.25) is 34.2 Å². The average Bonchev–Trinajstić information content (AvgIpc) is 3.87. The first-order valence-corrected chi connectivity index (χ1v) is 26.3. The smallest absolute Gasteiger partial charge is 0.329 e. The number of likely N-dealkylation sites (tertiary alicyclic amines) is 2. The highest BCUT2D eigenvalue weighted by atomic mass is 35.5. The Bertz CT molecular complexity index is 3060. The molecule has 0 bridgehead atoms. The molecule has 1 aliphatic carbocycles. The maximum absolute atomic E-state index is 16.5. The first-order valence-electron chi connectivity index (χ1n) is 25.9. The number of aromatic nitrogens is 2. The number of nitrogens with zero attached hydrogens (tertiary/aromatic N) is 5. The van der Waals surface area contributed by atoms with Crippen molar-refractivity contribution in [2.75, 3.05) is 50.8 Å². The van der Waals surface area contributed by atoms with E-state index in [1.54, 1.807) is 7.05 Å². The van der Waals surface area contributed by atoms with Crippen molar-refractivity contribution in [1.82, 2.24) is 30.2 Å². The Morgan fingerprint density at radius 3 is 2.33 bits per heavy atom. The van der Waals surface area contributed by atoms with E-state index in [1.165, 1.54) is 33.8 Å². The second-order valence-electron chi connectivity index (χ2n) is 20.8. The van der Waals surface area contributed by atoms with Crippen molar-refractivity contribution in [3.63, 3.8) is 0 Å². The number of anilines is 1. The van der Waals surface area contributed by atoms with E-state index < -0.39 is 64.3 Å². The highest BCUT2D eigenvalue weighted by Crippen LogP contribution is 2.57. The van der Waals surface area contributed by atoms with Gasteiger partial charge in [-0.2, -0.15) is 5.10 Å². The number of rotatable bonds is 13. The molecule has 5 N–H and O–H groups in total. The fraction of sp³-hybridized carbons (Fsp3) is 0.473. The van der Waals surface area contributed by atoms with E-state index in [9.17, 15) is 24.3 Å². The SMILES string of the molecule is CC1C[C@H](c2c(F)cc3c(N4CCC(=O)NC4=O)nn(C)c3c2F)CCN1C1CCN(C(=O)C2CCC(NC[C@]3(c4ccccc4)Oc4cc(F)c(Cl)c(-c5c(C(N)=O)ccc(OCCO)c5F)c4[C@@H]3C)CC2)CC1. The van der Waals surface area contributed by atoms with Crippen molar-refractivity contribution in [2.45, 2.75) is 107 Å². The fourth-order valence-electron chi connectivity index (χ4n) is 12.7. The number of aliphatic hydroxyl groups is 1. The van der Waals surface area contributed by atoms with Crippen LogP contribution in [0.2, 0.25) is 5.02 Å². The molecular formula is C55H61ClF4N8O7. The van der Waals surface area contributed by atoms with E-state index in [0.29, 0.717) is 50.9 Å². The number of urea groups is 1. The number of hydrogen-bond acceptors (Lipinski definition) is 10. The Morgan fingerprint density at radius 1 is 0.920 bits per heavy atom. The van der Waals surface area contributed by atoms with Crippen LogP contribution in [-0.4, -0.2) is 113 Å². The van der Waals surface area contributed by atoms with Crippen LogP contribution in [0, 0.1) is 29.2 Å². The van der Waals surface area contributed by atoms with E-state index in [1.807, 2.05) is 42.2 Å². The van der Waals surface area contributed by atoms with E-state index in [4.69, 9.17) is 26.8 Å². The third-order valence-corrected chi connectivity index (χ3v) is 16.9.